The molecule has 3 nitrogen and oxygen atoms in total. The second kappa shape index (κ2) is 5.61. The van der Waals surface area contributed by atoms with Crippen molar-refractivity contribution in [2.45, 2.75) is 0 Å². The van der Waals surface area contributed by atoms with Crippen molar-refractivity contribution in [2.75, 3.05) is 0 Å². The summed E-state index contributed by atoms with van der Waals surface area (Å²) in [6.07, 6.45) is 2.40. The maximum atomic E-state index is 13.0. The quantitative estimate of drug-likeness (QED) is 0.665. The van der Waals surface area contributed by atoms with E-state index < -0.39 is 0 Å². The van der Waals surface area contributed by atoms with Gasteiger partial charge in [0.15, 0.2) is 6.29 Å². The Morgan fingerprint density at radius 2 is 1.90 bits per heavy atom. The Kier molecular flexibility index (Phi) is 3.66. The van der Waals surface area contributed by atoms with Crippen molar-refractivity contribution in [1.82, 2.24) is 9.78 Å². The Morgan fingerprint density at radius 3 is 2.57 bits per heavy atom. The van der Waals surface area contributed by atoms with Crippen LogP contribution in [-0.2, 0) is 0 Å². The molecule has 0 aliphatic carbocycles. The van der Waals surface area contributed by atoms with Gasteiger partial charge in [0.1, 0.15) is 11.5 Å². The molecule has 0 amide bonds. The first-order valence-electron chi connectivity index (χ1n) is 6.24. The first kappa shape index (κ1) is 13.7. The number of hydrogen-bond donors (Lipinski definition) is 0. The van der Waals surface area contributed by atoms with Gasteiger partial charge in [-0.05, 0) is 36.4 Å². The molecule has 0 aliphatic rings. The van der Waals surface area contributed by atoms with Gasteiger partial charge in [-0.25, -0.2) is 9.07 Å². The highest BCUT2D eigenvalue weighted by Crippen LogP contribution is 2.25. The number of benzene rings is 2. The summed E-state index contributed by atoms with van der Waals surface area (Å²) < 4.78 is 15.5. The van der Waals surface area contributed by atoms with Gasteiger partial charge in [-0.15, -0.1) is 0 Å². The van der Waals surface area contributed by atoms with Gasteiger partial charge in [0, 0.05) is 16.2 Å². The minimum absolute atomic E-state index is 0.311. The van der Waals surface area contributed by atoms with Gasteiger partial charge in [0.2, 0.25) is 0 Å². The second-order valence-corrected chi connectivity index (χ2v) is 5.40. The SMILES string of the molecule is O=Cc1cn(-c2ccc(F)cc2)nc1-c1cccc(Br)c1. The van der Waals surface area contributed by atoms with Crippen LogP contribution < -0.4 is 0 Å². The molecule has 3 rings (SSSR count). The van der Waals surface area contributed by atoms with Gasteiger partial charge in [0.05, 0.1) is 11.3 Å². The Hall–Kier alpha value is -2.27. The van der Waals surface area contributed by atoms with Crippen molar-refractivity contribution in [2.24, 2.45) is 0 Å². The minimum atomic E-state index is -0.311. The Labute approximate surface area is 129 Å². The lowest BCUT2D eigenvalue weighted by atomic mass is 10.1. The number of rotatable bonds is 3. The fourth-order valence-corrected chi connectivity index (χ4v) is 2.46. The van der Waals surface area contributed by atoms with Gasteiger partial charge in [-0.3, -0.25) is 4.79 Å². The fraction of sp³-hybridized carbons (Fsp3) is 0. The van der Waals surface area contributed by atoms with E-state index >= 15 is 0 Å². The normalized spacial score (nSPS) is 10.6. The van der Waals surface area contributed by atoms with Crippen molar-refractivity contribution in [1.29, 1.82) is 0 Å². The standard InChI is InChI=1S/C16H10BrFN2O/c17-13-3-1-2-11(8-13)16-12(10-21)9-20(19-16)15-6-4-14(18)5-7-15/h1-10H. The molecule has 0 unspecified atom stereocenters. The molecule has 0 aliphatic heterocycles. The number of aldehydes is 1. The Balaban J connectivity index is 2.10. The van der Waals surface area contributed by atoms with Crippen LogP contribution in [0.1, 0.15) is 10.4 Å². The third kappa shape index (κ3) is 2.78. The molecule has 0 radical (unpaired) electrons. The summed E-state index contributed by atoms with van der Waals surface area (Å²) in [7, 11) is 0. The molecule has 0 saturated heterocycles. The van der Waals surface area contributed by atoms with Crippen LogP contribution in [0.25, 0.3) is 16.9 Å². The Bertz CT molecular complexity index is 796. The van der Waals surface area contributed by atoms with Crippen molar-refractivity contribution >= 4 is 22.2 Å². The molecule has 0 bridgehead atoms. The van der Waals surface area contributed by atoms with E-state index in [1.165, 1.54) is 12.1 Å². The lowest BCUT2D eigenvalue weighted by molar-refractivity contribution is 0.112. The molecule has 21 heavy (non-hydrogen) atoms. The maximum absolute atomic E-state index is 13.0. The van der Waals surface area contributed by atoms with E-state index in [2.05, 4.69) is 21.0 Å². The first-order chi connectivity index (χ1) is 10.2. The summed E-state index contributed by atoms with van der Waals surface area (Å²) in [4.78, 5) is 11.3. The van der Waals surface area contributed by atoms with Crippen LogP contribution >= 0.6 is 15.9 Å². The topological polar surface area (TPSA) is 34.9 Å². The molecule has 1 heterocycles. The van der Waals surface area contributed by atoms with Crippen LogP contribution in [-0.4, -0.2) is 16.1 Å². The number of hydrogen-bond acceptors (Lipinski definition) is 2. The molecule has 104 valence electrons. The maximum Gasteiger partial charge on any atom is 0.153 e. The van der Waals surface area contributed by atoms with E-state index in [-0.39, 0.29) is 5.82 Å². The number of halogens is 2. The highest BCUT2D eigenvalue weighted by molar-refractivity contribution is 9.10. The first-order valence-corrected chi connectivity index (χ1v) is 7.03. The number of carbonyl (C=O) groups excluding carboxylic acids is 1. The van der Waals surface area contributed by atoms with Crippen LogP contribution in [0.5, 0.6) is 0 Å². The zero-order valence-electron chi connectivity index (χ0n) is 10.8. The van der Waals surface area contributed by atoms with E-state index in [1.54, 1.807) is 23.0 Å². The molecule has 2 aromatic carbocycles. The van der Waals surface area contributed by atoms with E-state index in [0.29, 0.717) is 16.9 Å². The van der Waals surface area contributed by atoms with Gasteiger partial charge < -0.3 is 0 Å². The van der Waals surface area contributed by atoms with E-state index in [1.807, 2.05) is 24.3 Å². The zero-order chi connectivity index (χ0) is 14.8. The summed E-state index contributed by atoms with van der Waals surface area (Å²) in [5, 5.41) is 4.43. The van der Waals surface area contributed by atoms with Crippen molar-refractivity contribution in [3.05, 3.63) is 70.6 Å². The molecule has 3 aromatic rings. The lowest BCUT2D eigenvalue weighted by Gasteiger charge is -2.01. The average Bonchev–Trinajstić information content (AvgIpc) is 2.92. The van der Waals surface area contributed by atoms with Crippen LogP contribution in [0.15, 0.2) is 59.2 Å². The number of carbonyl (C=O) groups is 1. The third-order valence-electron chi connectivity index (χ3n) is 3.06. The predicted octanol–water partition coefficient (Wildman–Crippen LogP) is 4.25. The number of nitrogens with zero attached hydrogens (tertiary/aromatic N) is 2. The molecule has 0 spiro atoms. The minimum Gasteiger partial charge on any atom is -0.298 e. The Morgan fingerprint density at radius 1 is 1.14 bits per heavy atom. The van der Waals surface area contributed by atoms with Crippen molar-refractivity contribution < 1.29 is 9.18 Å². The van der Waals surface area contributed by atoms with Crippen LogP contribution in [0, 0.1) is 5.82 Å². The molecule has 0 atom stereocenters. The van der Waals surface area contributed by atoms with Crippen LogP contribution in [0.4, 0.5) is 4.39 Å². The monoisotopic (exact) mass is 344 g/mol. The zero-order valence-corrected chi connectivity index (χ0v) is 12.4. The second-order valence-electron chi connectivity index (χ2n) is 4.48. The third-order valence-corrected chi connectivity index (χ3v) is 3.55. The van der Waals surface area contributed by atoms with Crippen molar-refractivity contribution in [3.8, 4) is 16.9 Å². The van der Waals surface area contributed by atoms with Crippen LogP contribution in [0.3, 0.4) is 0 Å². The summed E-state index contributed by atoms with van der Waals surface area (Å²) in [5.74, 6) is -0.311. The summed E-state index contributed by atoms with van der Waals surface area (Å²) in [6, 6.07) is 13.5. The van der Waals surface area contributed by atoms with Gasteiger partial charge in [0.25, 0.3) is 0 Å². The smallest absolute Gasteiger partial charge is 0.153 e. The van der Waals surface area contributed by atoms with Gasteiger partial charge in [-0.2, -0.15) is 5.10 Å². The number of aromatic nitrogens is 2. The summed E-state index contributed by atoms with van der Waals surface area (Å²) in [6.45, 7) is 0. The summed E-state index contributed by atoms with van der Waals surface area (Å²) in [5.41, 5.74) is 2.61. The van der Waals surface area contributed by atoms with Crippen molar-refractivity contribution in [3.63, 3.8) is 0 Å². The molecular formula is C16H10BrFN2O. The summed E-state index contributed by atoms with van der Waals surface area (Å²) >= 11 is 3.40. The molecule has 0 fully saturated rings. The molecule has 5 heteroatoms. The van der Waals surface area contributed by atoms with E-state index in [4.69, 9.17) is 0 Å². The molecule has 0 N–H and O–H groups in total. The highest BCUT2D eigenvalue weighted by atomic mass is 79.9. The molecular weight excluding hydrogens is 335 g/mol. The molecule has 1 aromatic heterocycles. The van der Waals surface area contributed by atoms with E-state index in [0.717, 1.165) is 16.3 Å². The lowest BCUT2D eigenvalue weighted by Crippen LogP contribution is -1.94. The highest BCUT2D eigenvalue weighted by Gasteiger charge is 2.12. The fourth-order valence-electron chi connectivity index (χ4n) is 2.06. The van der Waals surface area contributed by atoms with Crippen LogP contribution in [0.2, 0.25) is 0 Å². The largest absolute Gasteiger partial charge is 0.298 e. The van der Waals surface area contributed by atoms with Gasteiger partial charge >= 0.3 is 0 Å². The van der Waals surface area contributed by atoms with Gasteiger partial charge in [-0.1, -0.05) is 28.1 Å². The molecule has 0 saturated carbocycles. The van der Waals surface area contributed by atoms with E-state index in [9.17, 15) is 9.18 Å². The predicted molar refractivity (Wildman–Crippen MR) is 82.0 cm³/mol. The average molecular weight is 345 g/mol.